The lowest BCUT2D eigenvalue weighted by molar-refractivity contribution is 0.618. The molecule has 2 aromatic rings. The molecule has 0 amide bonds. The van der Waals surface area contributed by atoms with Gasteiger partial charge in [-0.2, -0.15) is 0 Å². The van der Waals surface area contributed by atoms with E-state index in [9.17, 15) is 0 Å². The van der Waals surface area contributed by atoms with Crippen LogP contribution < -0.4 is 4.90 Å². The van der Waals surface area contributed by atoms with Gasteiger partial charge < -0.3 is 4.90 Å². The molecule has 1 aliphatic carbocycles. The predicted octanol–water partition coefficient (Wildman–Crippen LogP) is 6.84. The normalized spacial score (nSPS) is 21.0. The number of likely N-dealkylation sites (N-methyl/N-ethyl adjacent to an activating group) is 1. The topological polar surface area (TPSA) is 3.24 Å². The molecule has 0 radical (unpaired) electrons. The van der Waals surface area contributed by atoms with Crippen LogP contribution >= 0.6 is 0 Å². The van der Waals surface area contributed by atoms with Gasteiger partial charge in [0.05, 0.1) is 0 Å². The van der Waals surface area contributed by atoms with Crippen molar-refractivity contribution in [2.75, 3.05) is 11.4 Å². The van der Waals surface area contributed by atoms with Gasteiger partial charge in [0.15, 0.2) is 0 Å². The van der Waals surface area contributed by atoms with E-state index in [0.717, 1.165) is 13.0 Å². The summed E-state index contributed by atoms with van der Waals surface area (Å²) in [6.07, 6.45) is 3.58. The zero-order valence-electron chi connectivity index (χ0n) is 17.6. The zero-order chi connectivity index (χ0) is 19.4. The van der Waals surface area contributed by atoms with Gasteiger partial charge in [0.2, 0.25) is 0 Å². The summed E-state index contributed by atoms with van der Waals surface area (Å²) in [6.45, 7) is 15.0. The van der Waals surface area contributed by atoms with E-state index in [4.69, 9.17) is 0 Å². The number of anilines is 1. The fourth-order valence-electron chi connectivity index (χ4n) is 5.19. The lowest BCUT2D eigenvalue weighted by Crippen LogP contribution is -2.27. The zero-order valence-corrected chi connectivity index (χ0v) is 17.6. The summed E-state index contributed by atoms with van der Waals surface area (Å²) in [5.74, 6) is 0. The molecule has 0 saturated heterocycles. The number of hydrogen-bond acceptors (Lipinski definition) is 1. The molecule has 1 aliphatic heterocycles. The molecule has 0 spiro atoms. The van der Waals surface area contributed by atoms with Gasteiger partial charge in [-0.25, -0.2) is 0 Å². The number of rotatable bonds is 3. The molecule has 2 aromatic carbocycles. The van der Waals surface area contributed by atoms with Crippen LogP contribution in [0.4, 0.5) is 5.69 Å². The third-order valence-corrected chi connectivity index (χ3v) is 6.67. The lowest BCUT2D eigenvalue weighted by atomic mass is 9.78. The van der Waals surface area contributed by atoms with Crippen LogP contribution in [0.3, 0.4) is 0 Å². The summed E-state index contributed by atoms with van der Waals surface area (Å²) in [7, 11) is 0. The Morgan fingerprint density at radius 1 is 0.815 bits per heavy atom. The smallest absolute Gasteiger partial charge is 0.0450 e. The Hall–Kier alpha value is -2.28. The Morgan fingerprint density at radius 2 is 1.44 bits per heavy atom. The van der Waals surface area contributed by atoms with Crippen molar-refractivity contribution in [2.24, 2.45) is 0 Å². The highest BCUT2D eigenvalue weighted by Gasteiger charge is 2.42. The van der Waals surface area contributed by atoms with Crippen molar-refractivity contribution >= 4 is 11.3 Å². The average molecular weight is 358 g/mol. The van der Waals surface area contributed by atoms with Crippen molar-refractivity contribution in [3.05, 3.63) is 82.6 Å². The number of hydrogen-bond donors (Lipinski definition) is 0. The van der Waals surface area contributed by atoms with E-state index in [-0.39, 0.29) is 10.8 Å². The summed E-state index contributed by atoms with van der Waals surface area (Å²) in [5, 5.41) is 0. The van der Waals surface area contributed by atoms with E-state index in [1.165, 1.54) is 39.2 Å². The number of para-hydroxylation sites is 1. The fourth-order valence-corrected chi connectivity index (χ4v) is 5.19. The van der Waals surface area contributed by atoms with Crippen molar-refractivity contribution < 1.29 is 0 Å². The summed E-state index contributed by atoms with van der Waals surface area (Å²) in [5.41, 5.74) is 10.2. The molecule has 0 atom stereocenters. The summed E-state index contributed by atoms with van der Waals surface area (Å²) >= 11 is 0. The molecule has 0 saturated carbocycles. The maximum atomic E-state index is 2.52. The van der Waals surface area contributed by atoms with Crippen LogP contribution in [0.1, 0.15) is 64.7 Å². The molecule has 0 aromatic heterocycles. The van der Waals surface area contributed by atoms with E-state index < -0.39 is 0 Å². The molecular formula is C26H31N. The van der Waals surface area contributed by atoms with Crippen molar-refractivity contribution in [3.8, 4) is 0 Å². The van der Waals surface area contributed by atoms with Crippen molar-refractivity contribution in [1.82, 2.24) is 0 Å². The highest BCUT2D eigenvalue weighted by atomic mass is 15.2. The Bertz CT molecular complexity index is 956. The Morgan fingerprint density at radius 3 is 2.11 bits per heavy atom. The molecule has 27 heavy (non-hydrogen) atoms. The van der Waals surface area contributed by atoms with Crippen molar-refractivity contribution in [2.45, 2.75) is 58.8 Å². The first-order valence-corrected chi connectivity index (χ1v) is 10.3. The average Bonchev–Trinajstić information content (AvgIpc) is 3.01. The first-order valence-electron chi connectivity index (χ1n) is 10.3. The molecule has 0 unspecified atom stereocenters. The van der Waals surface area contributed by atoms with E-state index in [1.807, 2.05) is 0 Å². The number of benzene rings is 2. The number of fused-ring (bicyclic) bond motifs is 2. The highest BCUT2D eigenvalue weighted by molar-refractivity contribution is 5.83. The minimum absolute atomic E-state index is 0.0172. The van der Waals surface area contributed by atoms with Gasteiger partial charge in [0.25, 0.3) is 0 Å². The largest absolute Gasteiger partial charge is 0.344 e. The second kappa shape index (κ2) is 6.12. The monoisotopic (exact) mass is 357 g/mol. The standard InChI is InChI=1S/C26H31N/c1-7-18-19-13-9-10-14-20(19)25(3,4)22(18)17-24-26(5,6)21-15-11-12-16-23(21)27(24)8-2/h9-17H,7-8H2,1-6H3. The maximum absolute atomic E-state index is 2.52. The van der Waals surface area contributed by atoms with Crippen LogP contribution in [-0.2, 0) is 10.8 Å². The SMILES string of the molecule is CCC1=C(C=C2N(CC)c3ccccc3C2(C)C)C(C)(C)c2ccccc21. The van der Waals surface area contributed by atoms with Crippen LogP contribution in [0.5, 0.6) is 0 Å². The van der Waals surface area contributed by atoms with Crippen LogP contribution in [0, 0.1) is 0 Å². The van der Waals surface area contributed by atoms with Gasteiger partial charge in [0.1, 0.15) is 0 Å². The van der Waals surface area contributed by atoms with Crippen molar-refractivity contribution in [1.29, 1.82) is 0 Å². The van der Waals surface area contributed by atoms with E-state index >= 15 is 0 Å². The van der Waals surface area contributed by atoms with Crippen LogP contribution in [-0.4, -0.2) is 6.54 Å². The predicted molar refractivity (Wildman–Crippen MR) is 117 cm³/mol. The molecule has 1 nitrogen and oxygen atoms in total. The molecule has 4 rings (SSSR count). The van der Waals surface area contributed by atoms with Gasteiger partial charge in [-0.05, 0) is 53.3 Å². The van der Waals surface area contributed by atoms with E-state index in [1.54, 1.807) is 0 Å². The maximum Gasteiger partial charge on any atom is 0.0450 e. The summed E-state index contributed by atoms with van der Waals surface area (Å²) in [4.78, 5) is 2.51. The summed E-state index contributed by atoms with van der Waals surface area (Å²) in [6, 6.07) is 17.9. The van der Waals surface area contributed by atoms with Crippen LogP contribution in [0.15, 0.2) is 65.9 Å². The second-order valence-electron chi connectivity index (χ2n) is 8.83. The minimum atomic E-state index is 0.0172. The number of allylic oxidation sites excluding steroid dienone is 4. The quantitative estimate of drug-likeness (QED) is 0.581. The fraction of sp³-hybridized carbons (Fsp3) is 0.385. The Balaban J connectivity index is 1.94. The third kappa shape index (κ3) is 2.44. The molecular weight excluding hydrogens is 326 g/mol. The third-order valence-electron chi connectivity index (χ3n) is 6.67. The van der Waals surface area contributed by atoms with E-state index in [2.05, 4.69) is 101 Å². The Kier molecular flexibility index (Phi) is 4.10. The first-order chi connectivity index (χ1) is 12.8. The molecule has 1 heteroatoms. The van der Waals surface area contributed by atoms with Gasteiger partial charge in [-0.3, -0.25) is 0 Å². The van der Waals surface area contributed by atoms with Gasteiger partial charge in [-0.1, -0.05) is 77.1 Å². The second-order valence-corrected chi connectivity index (χ2v) is 8.83. The van der Waals surface area contributed by atoms with Gasteiger partial charge in [-0.15, -0.1) is 0 Å². The molecule has 140 valence electrons. The van der Waals surface area contributed by atoms with E-state index in [0.29, 0.717) is 0 Å². The van der Waals surface area contributed by atoms with Gasteiger partial charge in [0, 0.05) is 28.8 Å². The van der Waals surface area contributed by atoms with Crippen LogP contribution in [0.25, 0.3) is 5.57 Å². The molecule has 0 bridgehead atoms. The summed E-state index contributed by atoms with van der Waals surface area (Å²) < 4.78 is 0. The number of nitrogens with zero attached hydrogens (tertiary/aromatic N) is 1. The molecule has 1 heterocycles. The minimum Gasteiger partial charge on any atom is -0.344 e. The van der Waals surface area contributed by atoms with Gasteiger partial charge >= 0.3 is 0 Å². The molecule has 0 fully saturated rings. The van der Waals surface area contributed by atoms with Crippen molar-refractivity contribution in [3.63, 3.8) is 0 Å². The lowest BCUT2D eigenvalue weighted by Gasteiger charge is -2.30. The highest BCUT2D eigenvalue weighted by Crippen LogP contribution is 2.52. The first kappa shape index (κ1) is 18.1. The molecule has 2 aliphatic rings. The van der Waals surface area contributed by atoms with Crippen LogP contribution in [0.2, 0.25) is 0 Å². The Labute approximate surface area is 164 Å². The molecule has 0 N–H and O–H groups in total.